The van der Waals surface area contributed by atoms with E-state index in [1.165, 1.54) is 167 Å². The Morgan fingerprint density at radius 3 is 0.562 bits per heavy atom. The lowest BCUT2D eigenvalue weighted by atomic mass is 10.0. The van der Waals surface area contributed by atoms with Crippen LogP contribution < -0.4 is 11.5 Å². The van der Waals surface area contributed by atoms with Crippen molar-refractivity contribution in [3.63, 3.8) is 0 Å². The minimum Gasteiger partial charge on any atom is -0.358 e. The van der Waals surface area contributed by atoms with Crippen molar-refractivity contribution in [2.24, 2.45) is 0 Å². The Balaban J connectivity index is 0. The monoisotopic (exact) mass is 457 g/mol. The van der Waals surface area contributed by atoms with Crippen molar-refractivity contribution in [1.29, 1.82) is 0 Å². The maximum Gasteiger partial charge on any atom is 0.0739 e. The summed E-state index contributed by atoms with van der Waals surface area (Å²) in [5, 5.41) is 0. The van der Waals surface area contributed by atoms with E-state index in [2.05, 4.69) is 25.3 Å². The van der Waals surface area contributed by atoms with Gasteiger partial charge in [0, 0.05) is 0 Å². The molecule has 0 amide bonds. The molecule has 0 bridgehead atoms. The molecule has 6 N–H and O–H groups in total. The SMILES string of the molecule is CCCCCCCCCCCCCCCCCC[NH3+].CCCCCCCCCCCC[NH3+]. The molecule has 0 aliphatic rings. The number of hydrogen-bond acceptors (Lipinski definition) is 0. The molecule has 0 fully saturated rings. The van der Waals surface area contributed by atoms with Gasteiger partial charge in [0.2, 0.25) is 0 Å². The molecule has 0 aromatic rings. The normalized spacial score (nSPS) is 10.9. The van der Waals surface area contributed by atoms with E-state index in [1.807, 2.05) is 0 Å². The summed E-state index contributed by atoms with van der Waals surface area (Å²) >= 11 is 0. The van der Waals surface area contributed by atoms with E-state index < -0.39 is 0 Å². The highest BCUT2D eigenvalue weighted by molar-refractivity contribution is 4.50. The third-order valence-corrected chi connectivity index (χ3v) is 6.71. The van der Waals surface area contributed by atoms with Gasteiger partial charge in [0.15, 0.2) is 0 Å². The van der Waals surface area contributed by atoms with E-state index >= 15 is 0 Å². The van der Waals surface area contributed by atoms with Crippen LogP contribution >= 0.6 is 0 Å². The molecule has 196 valence electrons. The van der Waals surface area contributed by atoms with Crippen molar-refractivity contribution >= 4 is 0 Å². The predicted octanol–water partition coefficient (Wildman–Crippen LogP) is 8.64. The zero-order valence-corrected chi connectivity index (χ0v) is 23.2. The maximum absolute atomic E-state index is 3.89. The van der Waals surface area contributed by atoms with E-state index in [0.717, 1.165) is 13.1 Å². The average molecular weight is 457 g/mol. The third kappa shape index (κ3) is 37.2. The second kappa shape index (κ2) is 35.5. The fourth-order valence-corrected chi connectivity index (χ4v) is 4.39. The Labute approximate surface area is 205 Å². The first-order valence-electron chi connectivity index (χ1n) is 15.4. The van der Waals surface area contributed by atoms with Crippen LogP contribution in [0.4, 0.5) is 0 Å². The molecule has 0 saturated heterocycles. The number of hydrogen-bond donors (Lipinski definition) is 2. The molecular weight excluding hydrogens is 388 g/mol. The molecule has 0 radical (unpaired) electrons. The predicted molar refractivity (Wildman–Crippen MR) is 147 cm³/mol. The molecule has 0 aromatic carbocycles. The quantitative estimate of drug-likeness (QED) is 0.122. The van der Waals surface area contributed by atoms with E-state index in [0.29, 0.717) is 0 Å². The fourth-order valence-electron chi connectivity index (χ4n) is 4.39. The van der Waals surface area contributed by atoms with Crippen LogP contribution in [0.2, 0.25) is 0 Å². The topological polar surface area (TPSA) is 55.3 Å². The molecule has 0 heterocycles. The van der Waals surface area contributed by atoms with Crippen LogP contribution in [0.5, 0.6) is 0 Å². The Bertz CT molecular complexity index is 254. The standard InChI is InChI=1S/C18H39N.C12H27N/c1-2-3-4-5-6-7-8-9-10-11-12-13-14-15-16-17-18-19;1-2-3-4-5-6-7-8-9-10-11-12-13/h2-19H2,1H3;2-13H2,1H3/p+2. The average Bonchev–Trinajstić information content (AvgIpc) is 2.81. The van der Waals surface area contributed by atoms with Crippen LogP contribution in [-0.2, 0) is 0 Å². The highest BCUT2D eigenvalue weighted by Crippen LogP contribution is 2.13. The van der Waals surface area contributed by atoms with Crippen molar-refractivity contribution in [3.05, 3.63) is 0 Å². The molecule has 32 heavy (non-hydrogen) atoms. The van der Waals surface area contributed by atoms with Gasteiger partial charge < -0.3 is 11.5 Å². The second-order valence-electron chi connectivity index (χ2n) is 10.2. The van der Waals surface area contributed by atoms with Crippen LogP contribution in [0.3, 0.4) is 0 Å². The Kier molecular flexibility index (Phi) is 37.8. The number of quaternary nitrogens is 2. The molecule has 0 atom stereocenters. The van der Waals surface area contributed by atoms with E-state index in [4.69, 9.17) is 0 Å². The first-order valence-corrected chi connectivity index (χ1v) is 15.4. The first-order chi connectivity index (χ1) is 15.8. The molecule has 0 spiro atoms. The highest BCUT2D eigenvalue weighted by atomic mass is 14.5. The summed E-state index contributed by atoms with van der Waals surface area (Å²) in [6, 6.07) is 0. The van der Waals surface area contributed by atoms with Gasteiger partial charge in [0.25, 0.3) is 0 Å². The van der Waals surface area contributed by atoms with Gasteiger partial charge in [-0.15, -0.1) is 0 Å². The van der Waals surface area contributed by atoms with Gasteiger partial charge >= 0.3 is 0 Å². The smallest absolute Gasteiger partial charge is 0.0739 e. The Morgan fingerprint density at radius 1 is 0.250 bits per heavy atom. The largest absolute Gasteiger partial charge is 0.358 e. The molecule has 0 saturated carbocycles. The summed E-state index contributed by atoms with van der Waals surface area (Å²) in [7, 11) is 0. The van der Waals surface area contributed by atoms with Crippen molar-refractivity contribution in [1.82, 2.24) is 0 Å². The Hall–Kier alpha value is -0.0800. The van der Waals surface area contributed by atoms with Gasteiger partial charge in [-0.1, -0.05) is 155 Å². The minimum absolute atomic E-state index is 1.12. The lowest BCUT2D eigenvalue weighted by Gasteiger charge is -2.03. The maximum atomic E-state index is 3.89. The molecule has 0 aromatic heterocycles. The van der Waals surface area contributed by atoms with Gasteiger partial charge in [-0.2, -0.15) is 0 Å². The highest BCUT2D eigenvalue weighted by Gasteiger charge is 1.94. The van der Waals surface area contributed by atoms with Crippen LogP contribution in [0, 0.1) is 0 Å². The van der Waals surface area contributed by atoms with Crippen molar-refractivity contribution < 1.29 is 11.5 Å². The summed E-state index contributed by atoms with van der Waals surface area (Å²) < 4.78 is 0. The summed E-state index contributed by atoms with van der Waals surface area (Å²) in [5.74, 6) is 0. The number of unbranched alkanes of at least 4 members (excludes halogenated alkanes) is 24. The van der Waals surface area contributed by atoms with Gasteiger partial charge in [0.1, 0.15) is 0 Å². The zero-order valence-electron chi connectivity index (χ0n) is 23.2. The van der Waals surface area contributed by atoms with Gasteiger partial charge in [-0.25, -0.2) is 0 Å². The number of rotatable bonds is 26. The van der Waals surface area contributed by atoms with E-state index in [-0.39, 0.29) is 0 Å². The molecule has 0 unspecified atom stereocenters. The fraction of sp³-hybridized carbons (Fsp3) is 1.00. The lowest BCUT2D eigenvalue weighted by Crippen LogP contribution is -2.50. The third-order valence-electron chi connectivity index (χ3n) is 6.71. The van der Waals surface area contributed by atoms with Gasteiger partial charge in [-0.05, 0) is 25.7 Å². The molecular formula is C30H68N2+2. The summed E-state index contributed by atoms with van der Waals surface area (Å²) in [6.07, 6.45) is 37.4. The van der Waals surface area contributed by atoms with Crippen LogP contribution in [0.25, 0.3) is 0 Å². The second-order valence-corrected chi connectivity index (χ2v) is 10.2. The summed E-state index contributed by atoms with van der Waals surface area (Å²) in [5.41, 5.74) is 7.74. The van der Waals surface area contributed by atoms with Gasteiger partial charge in [0.05, 0.1) is 13.1 Å². The zero-order chi connectivity index (χ0) is 23.8. The molecule has 2 heteroatoms. The van der Waals surface area contributed by atoms with E-state index in [9.17, 15) is 0 Å². The Morgan fingerprint density at radius 2 is 0.406 bits per heavy atom. The van der Waals surface area contributed by atoms with Crippen molar-refractivity contribution in [2.45, 2.75) is 181 Å². The molecule has 0 aliphatic carbocycles. The summed E-state index contributed by atoms with van der Waals surface area (Å²) in [4.78, 5) is 0. The van der Waals surface area contributed by atoms with Crippen LogP contribution in [0.1, 0.15) is 181 Å². The minimum atomic E-state index is 1.12. The van der Waals surface area contributed by atoms with Gasteiger partial charge in [-0.3, -0.25) is 0 Å². The van der Waals surface area contributed by atoms with Crippen LogP contribution in [-0.4, -0.2) is 13.1 Å². The summed E-state index contributed by atoms with van der Waals surface area (Å²) in [6.45, 7) is 6.81. The van der Waals surface area contributed by atoms with Crippen molar-refractivity contribution in [3.8, 4) is 0 Å². The lowest BCUT2D eigenvalue weighted by molar-refractivity contribution is -0.368. The first kappa shape index (κ1) is 34.1. The van der Waals surface area contributed by atoms with Crippen LogP contribution in [0.15, 0.2) is 0 Å². The molecule has 0 aliphatic heterocycles. The molecule has 2 nitrogen and oxygen atoms in total. The van der Waals surface area contributed by atoms with E-state index in [1.54, 1.807) is 0 Å². The molecule has 0 rings (SSSR count). The van der Waals surface area contributed by atoms with Crippen molar-refractivity contribution in [2.75, 3.05) is 13.1 Å².